The number of ether oxygens (including phenoxy) is 1. The van der Waals surface area contributed by atoms with E-state index in [0.717, 1.165) is 12.1 Å². The van der Waals surface area contributed by atoms with Crippen molar-refractivity contribution in [1.29, 1.82) is 0 Å². The van der Waals surface area contributed by atoms with Gasteiger partial charge in [-0.05, 0) is 25.0 Å². The molecule has 2 N–H and O–H groups in total. The minimum absolute atomic E-state index is 0.0233. The fourth-order valence-corrected chi connectivity index (χ4v) is 2.09. The molecule has 0 saturated heterocycles. The summed E-state index contributed by atoms with van der Waals surface area (Å²) in [5, 5.41) is 6.78. The van der Waals surface area contributed by atoms with Gasteiger partial charge in [-0.1, -0.05) is 17.7 Å². The van der Waals surface area contributed by atoms with E-state index in [4.69, 9.17) is 16.3 Å². The summed E-state index contributed by atoms with van der Waals surface area (Å²) in [6.45, 7) is 1.13. The standard InChI is InChI=1S/C14H19ClN2O2/c1-19-13-4-2-3-12(15)11(13)9-17-14(18)7-8-16-10-5-6-10/h2-4,10,16H,5-9H2,1H3,(H,17,18). The Morgan fingerprint density at radius 3 is 2.95 bits per heavy atom. The molecule has 2 rings (SSSR count). The van der Waals surface area contributed by atoms with Crippen molar-refractivity contribution in [2.75, 3.05) is 13.7 Å². The Kier molecular flexibility index (Phi) is 5.05. The number of carbonyl (C=O) groups is 1. The molecule has 5 heteroatoms. The van der Waals surface area contributed by atoms with Crippen molar-refractivity contribution in [2.45, 2.75) is 31.8 Å². The first-order chi connectivity index (χ1) is 9.20. The molecule has 0 spiro atoms. The molecule has 104 valence electrons. The number of hydrogen-bond donors (Lipinski definition) is 2. The third kappa shape index (κ3) is 4.40. The lowest BCUT2D eigenvalue weighted by atomic mass is 10.2. The zero-order valence-corrected chi connectivity index (χ0v) is 11.8. The molecule has 0 aromatic heterocycles. The molecule has 1 aromatic rings. The molecule has 1 aromatic carbocycles. The molecular weight excluding hydrogens is 264 g/mol. The molecule has 1 aliphatic carbocycles. The van der Waals surface area contributed by atoms with E-state index in [1.54, 1.807) is 13.2 Å². The SMILES string of the molecule is COc1cccc(Cl)c1CNC(=O)CCNC1CC1. The maximum Gasteiger partial charge on any atom is 0.221 e. The van der Waals surface area contributed by atoms with E-state index in [0.29, 0.717) is 29.8 Å². The van der Waals surface area contributed by atoms with Crippen molar-refractivity contribution in [1.82, 2.24) is 10.6 Å². The first kappa shape index (κ1) is 14.2. The molecule has 0 radical (unpaired) electrons. The van der Waals surface area contributed by atoms with Crippen LogP contribution in [0.5, 0.6) is 5.75 Å². The second kappa shape index (κ2) is 6.78. The molecule has 0 bridgehead atoms. The van der Waals surface area contributed by atoms with Gasteiger partial charge in [-0.25, -0.2) is 0 Å². The number of rotatable bonds is 7. The first-order valence-corrected chi connectivity index (χ1v) is 6.90. The van der Waals surface area contributed by atoms with Crippen LogP contribution in [0.1, 0.15) is 24.8 Å². The molecule has 19 heavy (non-hydrogen) atoms. The van der Waals surface area contributed by atoms with Crippen LogP contribution in [0.2, 0.25) is 5.02 Å². The summed E-state index contributed by atoms with van der Waals surface area (Å²) in [4.78, 5) is 11.7. The monoisotopic (exact) mass is 282 g/mol. The third-order valence-corrected chi connectivity index (χ3v) is 3.47. The van der Waals surface area contributed by atoms with Crippen LogP contribution >= 0.6 is 11.6 Å². The summed E-state index contributed by atoms with van der Waals surface area (Å²) in [7, 11) is 1.59. The van der Waals surface area contributed by atoms with Gasteiger partial charge in [-0.3, -0.25) is 4.79 Å². The molecular formula is C14H19ClN2O2. The highest BCUT2D eigenvalue weighted by atomic mass is 35.5. The Balaban J connectivity index is 1.78. The molecule has 1 amide bonds. The van der Waals surface area contributed by atoms with Crippen LogP contribution in [0.4, 0.5) is 0 Å². The Morgan fingerprint density at radius 2 is 2.26 bits per heavy atom. The van der Waals surface area contributed by atoms with Gasteiger partial charge in [0.2, 0.25) is 5.91 Å². The molecule has 4 nitrogen and oxygen atoms in total. The van der Waals surface area contributed by atoms with E-state index >= 15 is 0 Å². The highest BCUT2D eigenvalue weighted by Crippen LogP contribution is 2.25. The predicted octanol–water partition coefficient (Wildman–Crippen LogP) is 2.11. The lowest BCUT2D eigenvalue weighted by Crippen LogP contribution is -2.28. The summed E-state index contributed by atoms with van der Waals surface area (Å²) < 4.78 is 5.23. The second-order valence-electron chi connectivity index (χ2n) is 4.68. The van der Waals surface area contributed by atoms with Crippen LogP contribution in [0.15, 0.2) is 18.2 Å². The number of amides is 1. The van der Waals surface area contributed by atoms with Crippen molar-refractivity contribution in [3.05, 3.63) is 28.8 Å². The molecule has 0 aliphatic heterocycles. The zero-order chi connectivity index (χ0) is 13.7. The summed E-state index contributed by atoms with van der Waals surface area (Å²) in [6.07, 6.45) is 2.96. The normalized spacial score (nSPS) is 14.2. The molecule has 0 unspecified atom stereocenters. The van der Waals surface area contributed by atoms with Crippen molar-refractivity contribution >= 4 is 17.5 Å². The Hall–Kier alpha value is -1.26. The molecule has 0 heterocycles. The second-order valence-corrected chi connectivity index (χ2v) is 5.08. The van der Waals surface area contributed by atoms with Crippen LogP contribution in [0.3, 0.4) is 0 Å². The van der Waals surface area contributed by atoms with Gasteiger partial charge in [-0.15, -0.1) is 0 Å². The van der Waals surface area contributed by atoms with Crippen molar-refractivity contribution in [2.24, 2.45) is 0 Å². The van der Waals surface area contributed by atoms with Crippen LogP contribution in [-0.4, -0.2) is 25.6 Å². The zero-order valence-electron chi connectivity index (χ0n) is 11.0. The fraction of sp³-hybridized carbons (Fsp3) is 0.500. The lowest BCUT2D eigenvalue weighted by molar-refractivity contribution is -0.121. The van der Waals surface area contributed by atoms with Crippen molar-refractivity contribution in [3.8, 4) is 5.75 Å². The number of carbonyl (C=O) groups excluding carboxylic acids is 1. The van der Waals surface area contributed by atoms with Gasteiger partial charge in [0, 0.05) is 36.1 Å². The quantitative estimate of drug-likeness (QED) is 0.805. The van der Waals surface area contributed by atoms with Crippen LogP contribution in [0, 0.1) is 0 Å². The summed E-state index contributed by atoms with van der Waals surface area (Å²) in [5.74, 6) is 0.721. The lowest BCUT2D eigenvalue weighted by Gasteiger charge is -2.11. The molecule has 1 saturated carbocycles. The van der Waals surface area contributed by atoms with Crippen molar-refractivity contribution < 1.29 is 9.53 Å². The highest BCUT2D eigenvalue weighted by Gasteiger charge is 2.20. The van der Waals surface area contributed by atoms with E-state index in [1.165, 1.54) is 12.8 Å². The maximum atomic E-state index is 11.7. The van der Waals surface area contributed by atoms with Crippen LogP contribution in [-0.2, 0) is 11.3 Å². The van der Waals surface area contributed by atoms with Gasteiger partial charge in [0.05, 0.1) is 7.11 Å². The van der Waals surface area contributed by atoms with Gasteiger partial charge in [0.1, 0.15) is 5.75 Å². The topological polar surface area (TPSA) is 50.4 Å². The van der Waals surface area contributed by atoms with Gasteiger partial charge in [0.15, 0.2) is 0 Å². The fourth-order valence-electron chi connectivity index (χ4n) is 1.85. The first-order valence-electron chi connectivity index (χ1n) is 6.52. The Bertz CT molecular complexity index is 447. The van der Waals surface area contributed by atoms with E-state index in [-0.39, 0.29) is 5.91 Å². The van der Waals surface area contributed by atoms with Gasteiger partial charge in [0.25, 0.3) is 0 Å². The largest absolute Gasteiger partial charge is 0.496 e. The Morgan fingerprint density at radius 1 is 1.47 bits per heavy atom. The van der Waals surface area contributed by atoms with E-state index < -0.39 is 0 Å². The summed E-state index contributed by atoms with van der Waals surface area (Å²) in [5.41, 5.74) is 0.815. The van der Waals surface area contributed by atoms with Crippen molar-refractivity contribution in [3.63, 3.8) is 0 Å². The number of hydrogen-bond acceptors (Lipinski definition) is 3. The average Bonchev–Trinajstić information content (AvgIpc) is 3.21. The Labute approximate surface area is 118 Å². The summed E-state index contributed by atoms with van der Waals surface area (Å²) >= 11 is 6.10. The predicted molar refractivity (Wildman–Crippen MR) is 75.5 cm³/mol. The highest BCUT2D eigenvalue weighted by molar-refractivity contribution is 6.31. The molecule has 1 fully saturated rings. The number of methoxy groups -OCH3 is 1. The molecule has 1 aliphatic rings. The third-order valence-electron chi connectivity index (χ3n) is 3.12. The van der Waals surface area contributed by atoms with Crippen LogP contribution < -0.4 is 15.4 Å². The molecule has 0 atom stereocenters. The number of halogens is 1. The van der Waals surface area contributed by atoms with Gasteiger partial charge in [-0.2, -0.15) is 0 Å². The van der Waals surface area contributed by atoms with Gasteiger partial charge >= 0.3 is 0 Å². The average molecular weight is 283 g/mol. The van der Waals surface area contributed by atoms with Crippen LogP contribution in [0.25, 0.3) is 0 Å². The minimum Gasteiger partial charge on any atom is -0.496 e. The van der Waals surface area contributed by atoms with E-state index in [1.807, 2.05) is 12.1 Å². The minimum atomic E-state index is 0.0233. The van der Waals surface area contributed by atoms with E-state index in [9.17, 15) is 4.79 Å². The smallest absolute Gasteiger partial charge is 0.221 e. The number of benzene rings is 1. The van der Waals surface area contributed by atoms with Gasteiger partial charge < -0.3 is 15.4 Å². The van der Waals surface area contributed by atoms with E-state index in [2.05, 4.69) is 10.6 Å². The maximum absolute atomic E-state index is 11.7. The number of nitrogens with one attached hydrogen (secondary N) is 2. The summed E-state index contributed by atoms with van der Waals surface area (Å²) in [6, 6.07) is 6.09.